The SMILES string of the molecule is c1ccc2c(c1)CC(CNCCCC1CC1)O2. The van der Waals surface area contributed by atoms with E-state index in [4.69, 9.17) is 4.74 Å². The van der Waals surface area contributed by atoms with Crippen molar-refractivity contribution in [2.24, 2.45) is 5.92 Å². The Morgan fingerprint density at radius 1 is 1.24 bits per heavy atom. The normalized spacial score (nSPS) is 22.2. The molecular formula is C15H21NO. The molecule has 0 bridgehead atoms. The predicted molar refractivity (Wildman–Crippen MR) is 69.4 cm³/mol. The molecule has 2 aliphatic rings. The minimum absolute atomic E-state index is 0.341. The zero-order valence-electron chi connectivity index (χ0n) is 10.3. The summed E-state index contributed by atoms with van der Waals surface area (Å²) in [4.78, 5) is 0. The van der Waals surface area contributed by atoms with E-state index in [0.717, 1.165) is 31.2 Å². The zero-order chi connectivity index (χ0) is 11.5. The number of ether oxygens (including phenoxy) is 1. The number of rotatable bonds is 6. The van der Waals surface area contributed by atoms with Gasteiger partial charge in [-0.1, -0.05) is 31.0 Å². The molecule has 17 heavy (non-hydrogen) atoms. The molecule has 1 atom stereocenters. The van der Waals surface area contributed by atoms with Gasteiger partial charge in [0, 0.05) is 13.0 Å². The zero-order valence-corrected chi connectivity index (χ0v) is 10.3. The molecule has 1 fully saturated rings. The molecule has 1 heterocycles. The van der Waals surface area contributed by atoms with Crippen molar-refractivity contribution in [1.29, 1.82) is 0 Å². The summed E-state index contributed by atoms with van der Waals surface area (Å²) in [7, 11) is 0. The van der Waals surface area contributed by atoms with E-state index in [0.29, 0.717) is 6.10 Å². The van der Waals surface area contributed by atoms with Gasteiger partial charge in [-0.15, -0.1) is 0 Å². The lowest BCUT2D eigenvalue weighted by atomic mass is 10.1. The highest BCUT2D eigenvalue weighted by Gasteiger charge is 2.22. The number of nitrogens with one attached hydrogen (secondary N) is 1. The molecule has 0 spiro atoms. The van der Waals surface area contributed by atoms with Crippen LogP contribution in [0.4, 0.5) is 0 Å². The molecular weight excluding hydrogens is 210 g/mol. The van der Waals surface area contributed by atoms with Crippen molar-refractivity contribution in [3.05, 3.63) is 29.8 Å². The van der Waals surface area contributed by atoms with Gasteiger partial charge >= 0.3 is 0 Å². The average molecular weight is 231 g/mol. The lowest BCUT2D eigenvalue weighted by Gasteiger charge is -2.11. The van der Waals surface area contributed by atoms with Crippen LogP contribution in [0.3, 0.4) is 0 Å². The van der Waals surface area contributed by atoms with Crippen LogP contribution < -0.4 is 10.1 Å². The summed E-state index contributed by atoms with van der Waals surface area (Å²) < 4.78 is 5.88. The van der Waals surface area contributed by atoms with Crippen LogP contribution in [0, 0.1) is 5.92 Å². The van der Waals surface area contributed by atoms with E-state index >= 15 is 0 Å². The predicted octanol–water partition coefficient (Wildman–Crippen LogP) is 2.77. The van der Waals surface area contributed by atoms with Crippen LogP contribution >= 0.6 is 0 Å². The van der Waals surface area contributed by atoms with E-state index in [1.165, 1.54) is 31.2 Å². The van der Waals surface area contributed by atoms with Gasteiger partial charge in [0.25, 0.3) is 0 Å². The van der Waals surface area contributed by atoms with E-state index < -0.39 is 0 Å². The molecule has 1 saturated carbocycles. The van der Waals surface area contributed by atoms with Crippen LogP contribution in [0.25, 0.3) is 0 Å². The molecule has 3 rings (SSSR count). The fraction of sp³-hybridized carbons (Fsp3) is 0.600. The lowest BCUT2D eigenvalue weighted by Crippen LogP contribution is -2.30. The Kier molecular flexibility index (Phi) is 3.32. The maximum atomic E-state index is 5.88. The third kappa shape index (κ3) is 3.01. The van der Waals surface area contributed by atoms with Crippen molar-refractivity contribution in [3.63, 3.8) is 0 Å². The average Bonchev–Trinajstić information content (AvgIpc) is 3.07. The first-order valence-corrected chi connectivity index (χ1v) is 6.87. The first kappa shape index (κ1) is 11.1. The van der Waals surface area contributed by atoms with Gasteiger partial charge < -0.3 is 10.1 Å². The van der Waals surface area contributed by atoms with Crippen LogP contribution in [-0.2, 0) is 6.42 Å². The van der Waals surface area contributed by atoms with Crippen molar-refractivity contribution >= 4 is 0 Å². The molecule has 1 aromatic rings. The maximum absolute atomic E-state index is 5.88. The molecule has 1 N–H and O–H groups in total. The Bertz CT molecular complexity index is 348. The molecule has 0 amide bonds. The summed E-state index contributed by atoms with van der Waals surface area (Å²) in [6.45, 7) is 2.13. The highest BCUT2D eigenvalue weighted by Crippen LogP contribution is 2.33. The standard InChI is InChI=1S/C15H21NO/c1-2-6-15-13(5-1)10-14(17-15)11-16-9-3-4-12-7-8-12/h1-2,5-6,12,14,16H,3-4,7-11H2. The smallest absolute Gasteiger partial charge is 0.123 e. The third-order valence-electron chi connectivity index (χ3n) is 3.75. The van der Waals surface area contributed by atoms with Gasteiger partial charge in [-0.3, -0.25) is 0 Å². The highest BCUT2D eigenvalue weighted by molar-refractivity contribution is 5.37. The third-order valence-corrected chi connectivity index (χ3v) is 3.75. The van der Waals surface area contributed by atoms with Crippen molar-refractivity contribution < 1.29 is 4.74 Å². The minimum Gasteiger partial charge on any atom is -0.488 e. The van der Waals surface area contributed by atoms with Gasteiger partial charge in [0.2, 0.25) is 0 Å². The Labute approximate surface area is 103 Å². The first-order valence-electron chi connectivity index (χ1n) is 6.87. The van der Waals surface area contributed by atoms with Crippen LogP contribution in [0.2, 0.25) is 0 Å². The second-order valence-electron chi connectivity index (χ2n) is 5.34. The van der Waals surface area contributed by atoms with E-state index in [1.54, 1.807) is 0 Å². The highest BCUT2D eigenvalue weighted by atomic mass is 16.5. The Hall–Kier alpha value is -1.02. The number of hydrogen-bond donors (Lipinski definition) is 1. The fourth-order valence-corrected chi connectivity index (χ4v) is 2.55. The molecule has 2 heteroatoms. The molecule has 1 aliphatic heterocycles. The van der Waals surface area contributed by atoms with Crippen molar-refractivity contribution in [3.8, 4) is 5.75 Å². The molecule has 1 unspecified atom stereocenters. The maximum Gasteiger partial charge on any atom is 0.123 e. The summed E-state index contributed by atoms with van der Waals surface area (Å²) in [6.07, 6.45) is 7.09. The van der Waals surface area contributed by atoms with Gasteiger partial charge in [-0.25, -0.2) is 0 Å². The van der Waals surface area contributed by atoms with E-state index in [2.05, 4.69) is 23.5 Å². The summed E-state index contributed by atoms with van der Waals surface area (Å²) >= 11 is 0. The fourth-order valence-electron chi connectivity index (χ4n) is 2.55. The Balaban J connectivity index is 1.34. The summed E-state index contributed by atoms with van der Waals surface area (Å²) in [5.41, 5.74) is 1.36. The molecule has 1 aliphatic carbocycles. The van der Waals surface area contributed by atoms with Crippen LogP contribution in [-0.4, -0.2) is 19.2 Å². The molecule has 92 valence electrons. The molecule has 1 aromatic carbocycles. The lowest BCUT2D eigenvalue weighted by molar-refractivity contribution is 0.227. The topological polar surface area (TPSA) is 21.3 Å². The van der Waals surface area contributed by atoms with E-state index in [9.17, 15) is 0 Å². The van der Waals surface area contributed by atoms with E-state index in [1.807, 2.05) is 6.07 Å². The number of hydrogen-bond acceptors (Lipinski definition) is 2. The van der Waals surface area contributed by atoms with Crippen LogP contribution in [0.1, 0.15) is 31.2 Å². The molecule has 0 saturated heterocycles. The Morgan fingerprint density at radius 2 is 2.12 bits per heavy atom. The number of para-hydroxylation sites is 1. The first-order chi connectivity index (χ1) is 8.42. The monoisotopic (exact) mass is 231 g/mol. The van der Waals surface area contributed by atoms with E-state index in [-0.39, 0.29) is 0 Å². The van der Waals surface area contributed by atoms with Gasteiger partial charge in [-0.2, -0.15) is 0 Å². The van der Waals surface area contributed by atoms with Crippen molar-refractivity contribution in [1.82, 2.24) is 5.32 Å². The second-order valence-corrected chi connectivity index (χ2v) is 5.34. The molecule has 0 aromatic heterocycles. The second kappa shape index (κ2) is 5.09. The van der Waals surface area contributed by atoms with Crippen molar-refractivity contribution in [2.45, 2.75) is 38.2 Å². The summed E-state index contributed by atoms with van der Waals surface area (Å²) in [6, 6.07) is 8.38. The Morgan fingerprint density at radius 3 is 2.94 bits per heavy atom. The van der Waals surface area contributed by atoms with Gasteiger partial charge in [0.05, 0.1) is 0 Å². The largest absolute Gasteiger partial charge is 0.488 e. The molecule has 0 radical (unpaired) electrons. The summed E-state index contributed by atoms with van der Waals surface area (Å²) in [5, 5.41) is 3.52. The van der Waals surface area contributed by atoms with Crippen LogP contribution in [0.15, 0.2) is 24.3 Å². The summed E-state index contributed by atoms with van der Waals surface area (Å²) in [5.74, 6) is 2.14. The number of fused-ring (bicyclic) bond motifs is 1. The quantitative estimate of drug-likeness (QED) is 0.760. The van der Waals surface area contributed by atoms with Gasteiger partial charge in [0.15, 0.2) is 0 Å². The van der Waals surface area contributed by atoms with Crippen LogP contribution in [0.5, 0.6) is 5.75 Å². The minimum atomic E-state index is 0.341. The number of benzene rings is 1. The van der Waals surface area contributed by atoms with Gasteiger partial charge in [0.1, 0.15) is 11.9 Å². The molecule has 2 nitrogen and oxygen atoms in total. The van der Waals surface area contributed by atoms with Crippen molar-refractivity contribution in [2.75, 3.05) is 13.1 Å². The van der Waals surface area contributed by atoms with Gasteiger partial charge in [-0.05, 0) is 36.9 Å².